The lowest BCUT2D eigenvalue weighted by molar-refractivity contribution is -0.120. The third-order valence-electron chi connectivity index (χ3n) is 4.11. The summed E-state index contributed by atoms with van der Waals surface area (Å²) in [6, 6.07) is 17.5. The van der Waals surface area contributed by atoms with E-state index < -0.39 is 0 Å². The molecule has 26 heavy (non-hydrogen) atoms. The number of anilines is 1. The Bertz CT molecular complexity index is 712. The van der Waals surface area contributed by atoms with Crippen LogP contribution in [0.3, 0.4) is 0 Å². The summed E-state index contributed by atoms with van der Waals surface area (Å²) in [4.78, 5) is 25.5. The molecular formula is C21H27N3O2. The lowest BCUT2D eigenvalue weighted by atomic mass is 10.1. The van der Waals surface area contributed by atoms with Crippen LogP contribution in [-0.4, -0.2) is 43.4 Å². The molecular weight excluding hydrogens is 326 g/mol. The van der Waals surface area contributed by atoms with Crippen LogP contribution in [0, 0.1) is 0 Å². The first kappa shape index (κ1) is 19.5. The first-order valence-electron chi connectivity index (χ1n) is 8.84. The lowest BCUT2D eigenvalue weighted by Gasteiger charge is -2.15. The predicted molar refractivity (Wildman–Crippen MR) is 105 cm³/mol. The molecule has 2 aromatic rings. The van der Waals surface area contributed by atoms with Crippen molar-refractivity contribution >= 4 is 17.5 Å². The fraction of sp³-hybridized carbons (Fsp3) is 0.333. The molecule has 2 rings (SSSR count). The number of rotatable bonds is 8. The van der Waals surface area contributed by atoms with E-state index in [2.05, 4.69) is 22.8 Å². The van der Waals surface area contributed by atoms with Crippen LogP contribution >= 0.6 is 0 Å². The maximum Gasteiger partial charge on any atom is 0.253 e. The molecule has 0 aliphatic rings. The van der Waals surface area contributed by atoms with Gasteiger partial charge >= 0.3 is 0 Å². The Morgan fingerprint density at radius 3 is 2.27 bits per heavy atom. The summed E-state index contributed by atoms with van der Waals surface area (Å²) >= 11 is 0. The van der Waals surface area contributed by atoms with E-state index in [-0.39, 0.29) is 24.4 Å². The van der Waals surface area contributed by atoms with E-state index in [9.17, 15) is 9.59 Å². The quantitative estimate of drug-likeness (QED) is 0.767. The second kappa shape index (κ2) is 9.61. The lowest BCUT2D eigenvalue weighted by Crippen LogP contribution is -2.36. The molecule has 1 atom stereocenters. The van der Waals surface area contributed by atoms with Crippen molar-refractivity contribution in [1.82, 2.24) is 10.2 Å². The van der Waals surface area contributed by atoms with Gasteiger partial charge in [0.05, 0.1) is 6.54 Å². The van der Waals surface area contributed by atoms with Gasteiger partial charge in [0.2, 0.25) is 5.91 Å². The fourth-order valence-electron chi connectivity index (χ4n) is 2.60. The summed E-state index contributed by atoms with van der Waals surface area (Å²) in [5.41, 5.74) is 2.71. The summed E-state index contributed by atoms with van der Waals surface area (Å²) < 4.78 is 0. The Balaban J connectivity index is 1.73. The summed E-state index contributed by atoms with van der Waals surface area (Å²) in [5, 5.41) is 6.08. The highest BCUT2D eigenvalue weighted by molar-refractivity contribution is 5.94. The van der Waals surface area contributed by atoms with Crippen molar-refractivity contribution < 1.29 is 9.59 Å². The van der Waals surface area contributed by atoms with Crippen LogP contribution < -0.4 is 10.6 Å². The number of aryl methyl sites for hydroxylation is 1. The Labute approximate surface area is 155 Å². The molecule has 0 bridgehead atoms. The summed E-state index contributed by atoms with van der Waals surface area (Å²) in [6.45, 7) is 2.22. The zero-order chi connectivity index (χ0) is 18.9. The van der Waals surface area contributed by atoms with Gasteiger partial charge in [-0.1, -0.05) is 30.3 Å². The standard InChI is InChI=1S/C21H27N3O2/c1-16(9-10-17-7-5-4-6-8-17)23-20(25)15-22-19-13-11-18(12-14-19)21(26)24(2)3/h4-8,11-14,16,22H,9-10,15H2,1-3H3,(H,23,25). The molecule has 0 fully saturated rings. The molecule has 2 amide bonds. The molecule has 0 radical (unpaired) electrons. The number of amides is 2. The molecule has 0 heterocycles. The molecule has 0 aliphatic heterocycles. The molecule has 2 aromatic carbocycles. The van der Waals surface area contributed by atoms with Gasteiger partial charge in [0.1, 0.15) is 0 Å². The number of hydrogen-bond acceptors (Lipinski definition) is 3. The molecule has 0 aromatic heterocycles. The molecule has 138 valence electrons. The van der Waals surface area contributed by atoms with Crippen LogP contribution in [0.25, 0.3) is 0 Å². The minimum Gasteiger partial charge on any atom is -0.376 e. The van der Waals surface area contributed by atoms with E-state index in [1.165, 1.54) is 10.5 Å². The van der Waals surface area contributed by atoms with Gasteiger partial charge in [-0.15, -0.1) is 0 Å². The molecule has 0 aliphatic carbocycles. The maximum atomic E-state index is 12.1. The van der Waals surface area contributed by atoms with Crippen LogP contribution in [0.15, 0.2) is 54.6 Å². The topological polar surface area (TPSA) is 61.4 Å². The van der Waals surface area contributed by atoms with Crippen LogP contribution in [-0.2, 0) is 11.2 Å². The average molecular weight is 353 g/mol. The van der Waals surface area contributed by atoms with Crippen LogP contribution in [0.2, 0.25) is 0 Å². The molecule has 5 heteroatoms. The molecule has 0 saturated heterocycles. The van der Waals surface area contributed by atoms with E-state index in [1.54, 1.807) is 26.2 Å². The van der Waals surface area contributed by atoms with Crippen molar-refractivity contribution in [3.05, 3.63) is 65.7 Å². The second-order valence-corrected chi connectivity index (χ2v) is 6.62. The minimum atomic E-state index is -0.0426. The van der Waals surface area contributed by atoms with Crippen LogP contribution in [0.5, 0.6) is 0 Å². The van der Waals surface area contributed by atoms with E-state index >= 15 is 0 Å². The van der Waals surface area contributed by atoms with Crippen molar-refractivity contribution in [3.63, 3.8) is 0 Å². The average Bonchev–Trinajstić information content (AvgIpc) is 2.65. The highest BCUT2D eigenvalue weighted by atomic mass is 16.2. The predicted octanol–water partition coefficient (Wildman–Crippen LogP) is 2.94. The zero-order valence-electron chi connectivity index (χ0n) is 15.7. The number of nitrogens with one attached hydrogen (secondary N) is 2. The number of benzene rings is 2. The summed E-state index contributed by atoms with van der Waals surface area (Å²) in [6.07, 6.45) is 1.84. The molecule has 0 spiro atoms. The molecule has 2 N–H and O–H groups in total. The van der Waals surface area contributed by atoms with Crippen molar-refractivity contribution in [2.75, 3.05) is 26.0 Å². The second-order valence-electron chi connectivity index (χ2n) is 6.62. The van der Waals surface area contributed by atoms with Gasteiger partial charge in [-0.25, -0.2) is 0 Å². The van der Waals surface area contributed by atoms with E-state index in [0.717, 1.165) is 18.5 Å². The highest BCUT2D eigenvalue weighted by Gasteiger charge is 2.09. The summed E-state index contributed by atoms with van der Waals surface area (Å²) in [7, 11) is 3.44. The Kier molecular flexibility index (Phi) is 7.21. The minimum absolute atomic E-state index is 0.0402. The SMILES string of the molecule is CC(CCc1ccccc1)NC(=O)CNc1ccc(C(=O)N(C)C)cc1. The van der Waals surface area contributed by atoms with Gasteiger partial charge in [0.15, 0.2) is 0 Å². The van der Waals surface area contributed by atoms with Gasteiger partial charge in [-0.05, 0) is 49.6 Å². The number of hydrogen-bond donors (Lipinski definition) is 2. The fourth-order valence-corrected chi connectivity index (χ4v) is 2.60. The smallest absolute Gasteiger partial charge is 0.253 e. The van der Waals surface area contributed by atoms with Gasteiger partial charge in [0.25, 0.3) is 5.91 Å². The van der Waals surface area contributed by atoms with E-state index in [4.69, 9.17) is 0 Å². The highest BCUT2D eigenvalue weighted by Crippen LogP contribution is 2.10. The van der Waals surface area contributed by atoms with Gasteiger partial charge in [-0.2, -0.15) is 0 Å². The van der Waals surface area contributed by atoms with E-state index in [1.807, 2.05) is 37.3 Å². The Hall–Kier alpha value is -2.82. The van der Waals surface area contributed by atoms with Crippen molar-refractivity contribution in [2.45, 2.75) is 25.8 Å². The number of carbonyl (C=O) groups is 2. The molecule has 1 unspecified atom stereocenters. The van der Waals surface area contributed by atoms with Crippen molar-refractivity contribution in [3.8, 4) is 0 Å². The van der Waals surface area contributed by atoms with Crippen molar-refractivity contribution in [1.29, 1.82) is 0 Å². The van der Waals surface area contributed by atoms with Crippen LogP contribution in [0.4, 0.5) is 5.69 Å². The van der Waals surface area contributed by atoms with Gasteiger partial charge in [0, 0.05) is 31.4 Å². The molecule has 5 nitrogen and oxygen atoms in total. The first-order chi connectivity index (χ1) is 12.5. The number of carbonyl (C=O) groups excluding carboxylic acids is 2. The van der Waals surface area contributed by atoms with Crippen LogP contribution in [0.1, 0.15) is 29.3 Å². The van der Waals surface area contributed by atoms with E-state index in [0.29, 0.717) is 5.56 Å². The summed E-state index contributed by atoms with van der Waals surface area (Å²) in [5.74, 6) is -0.0828. The van der Waals surface area contributed by atoms with Gasteiger partial charge in [-0.3, -0.25) is 9.59 Å². The third kappa shape index (κ3) is 6.24. The van der Waals surface area contributed by atoms with Gasteiger partial charge < -0.3 is 15.5 Å². The number of nitrogens with zero attached hydrogens (tertiary/aromatic N) is 1. The Morgan fingerprint density at radius 2 is 1.65 bits per heavy atom. The Morgan fingerprint density at radius 1 is 1.00 bits per heavy atom. The zero-order valence-corrected chi connectivity index (χ0v) is 15.7. The normalized spacial score (nSPS) is 11.5. The first-order valence-corrected chi connectivity index (χ1v) is 8.84. The molecule has 0 saturated carbocycles. The maximum absolute atomic E-state index is 12.1. The van der Waals surface area contributed by atoms with Crippen molar-refractivity contribution in [2.24, 2.45) is 0 Å². The monoisotopic (exact) mass is 353 g/mol. The third-order valence-corrected chi connectivity index (χ3v) is 4.11. The largest absolute Gasteiger partial charge is 0.376 e.